The van der Waals surface area contributed by atoms with Crippen LogP contribution >= 0.6 is 27.5 Å². The van der Waals surface area contributed by atoms with E-state index < -0.39 is 0 Å². The van der Waals surface area contributed by atoms with Crippen molar-refractivity contribution in [1.29, 1.82) is 0 Å². The van der Waals surface area contributed by atoms with Gasteiger partial charge in [-0.25, -0.2) is 0 Å². The molecule has 0 atom stereocenters. The Labute approximate surface area is 126 Å². The Morgan fingerprint density at radius 1 is 1.11 bits per heavy atom. The summed E-state index contributed by atoms with van der Waals surface area (Å²) in [5.74, 6) is 2.12. The first-order chi connectivity index (χ1) is 9.15. The van der Waals surface area contributed by atoms with Crippen LogP contribution in [0.1, 0.15) is 11.1 Å². The van der Waals surface area contributed by atoms with Crippen LogP contribution in [0.2, 0.25) is 5.02 Å². The highest BCUT2D eigenvalue weighted by molar-refractivity contribution is 9.08. The summed E-state index contributed by atoms with van der Waals surface area (Å²) in [5, 5.41) is 1.32. The Morgan fingerprint density at radius 3 is 2.58 bits per heavy atom. The number of halogens is 2. The van der Waals surface area contributed by atoms with Crippen LogP contribution in [0, 0.1) is 6.92 Å². The minimum absolute atomic E-state index is 0.635. The average molecular weight is 342 g/mol. The van der Waals surface area contributed by atoms with Gasteiger partial charge in [0.05, 0.1) is 7.11 Å². The van der Waals surface area contributed by atoms with Gasteiger partial charge in [0.1, 0.15) is 5.75 Å². The van der Waals surface area contributed by atoms with Crippen molar-refractivity contribution in [3.63, 3.8) is 0 Å². The SMILES string of the molecule is COc1cc(C)ccc1Oc1cccc(Cl)c1CBr. The van der Waals surface area contributed by atoms with Gasteiger partial charge < -0.3 is 9.47 Å². The molecule has 4 heteroatoms. The van der Waals surface area contributed by atoms with Crippen molar-refractivity contribution in [3.8, 4) is 17.2 Å². The minimum atomic E-state index is 0.635. The van der Waals surface area contributed by atoms with E-state index in [2.05, 4.69) is 15.9 Å². The number of benzene rings is 2. The summed E-state index contributed by atoms with van der Waals surface area (Å²) in [5.41, 5.74) is 2.04. The average Bonchev–Trinajstić information content (AvgIpc) is 2.41. The summed E-state index contributed by atoms with van der Waals surface area (Å²) in [7, 11) is 1.63. The van der Waals surface area contributed by atoms with Gasteiger partial charge in [-0.3, -0.25) is 0 Å². The van der Waals surface area contributed by atoms with Crippen LogP contribution in [0.25, 0.3) is 0 Å². The molecule has 0 aromatic heterocycles. The van der Waals surface area contributed by atoms with Crippen molar-refractivity contribution in [3.05, 3.63) is 52.5 Å². The molecule has 0 fully saturated rings. The summed E-state index contributed by atoms with van der Waals surface area (Å²) in [6, 6.07) is 11.4. The lowest BCUT2D eigenvalue weighted by molar-refractivity contribution is 0.377. The predicted octanol–water partition coefficient (Wildman–Crippen LogP) is 5.34. The molecule has 0 heterocycles. The van der Waals surface area contributed by atoms with Crippen molar-refractivity contribution in [2.75, 3.05) is 7.11 Å². The molecule has 2 rings (SSSR count). The molecule has 100 valence electrons. The minimum Gasteiger partial charge on any atom is -0.493 e. The topological polar surface area (TPSA) is 18.5 Å². The fourth-order valence-corrected chi connectivity index (χ4v) is 2.71. The molecule has 0 aliphatic heterocycles. The predicted molar refractivity (Wildman–Crippen MR) is 81.9 cm³/mol. The zero-order valence-electron chi connectivity index (χ0n) is 10.7. The molecule has 2 nitrogen and oxygen atoms in total. The molecule has 0 radical (unpaired) electrons. The Balaban J connectivity index is 2.39. The van der Waals surface area contributed by atoms with Crippen LogP contribution in [0.5, 0.6) is 17.2 Å². The van der Waals surface area contributed by atoms with E-state index in [1.54, 1.807) is 7.11 Å². The van der Waals surface area contributed by atoms with E-state index in [1.807, 2.05) is 43.3 Å². The number of hydrogen-bond acceptors (Lipinski definition) is 2. The molecule has 0 N–H and O–H groups in total. The maximum absolute atomic E-state index is 6.15. The molecule has 0 aliphatic carbocycles. The van der Waals surface area contributed by atoms with Gasteiger partial charge in [0.15, 0.2) is 11.5 Å². The summed E-state index contributed by atoms with van der Waals surface area (Å²) in [6.45, 7) is 2.01. The van der Waals surface area contributed by atoms with Crippen molar-refractivity contribution in [1.82, 2.24) is 0 Å². The number of rotatable bonds is 4. The van der Waals surface area contributed by atoms with Gasteiger partial charge >= 0.3 is 0 Å². The lowest BCUT2D eigenvalue weighted by Gasteiger charge is -2.14. The molecule has 19 heavy (non-hydrogen) atoms. The van der Waals surface area contributed by atoms with E-state index in [-0.39, 0.29) is 0 Å². The lowest BCUT2D eigenvalue weighted by Crippen LogP contribution is -1.94. The van der Waals surface area contributed by atoms with Gasteiger partial charge in [-0.15, -0.1) is 0 Å². The third-order valence-corrected chi connectivity index (χ3v) is 3.66. The molecule has 0 saturated heterocycles. The van der Waals surface area contributed by atoms with Crippen LogP contribution in [0.4, 0.5) is 0 Å². The highest BCUT2D eigenvalue weighted by Crippen LogP contribution is 2.36. The first kappa shape index (κ1) is 14.2. The third kappa shape index (κ3) is 3.23. The number of ether oxygens (including phenoxy) is 2. The Bertz CT molecular complexity index is 584. The second kappa shape index (κ2) is 6.31. The van der Waals surface area contributed by atoms with Crippen molar-refractivity contribution < 1.29 is 9.47 Å². The number of alkyl halides is 1. The van der Waals surface area contributed by atoms with Gasteiger partial charge in [-0.05, 0) is 36.8 Å². The monoisotopic (exact) mass is 340 g/mol. The standard InChI is InChI=1S/C15H14BrClO2/c1-10-6-7-14(15(8-10)18-2)19-13-5-3-4-12(17)11(13)9-16/h3-8H,9H2,1-2H3. The van der Waals surface area contributed by atoms with E-state index in [4.69, 9.17) is 21.1 Å². The van der Waals surface area contributed by atoms with Crippen molar-refractivity contribution >= 4 is 27.5 Å². The molecular formula is C15H14BrClO2. The second-order valence-electron chi connectivity index (χ2n) is 4.11. The van der Waals surface area contributed by atoms with E-state index in [9.17, 15) is 0 Å². The number of aryl methyl sites for hydroxylation is 1. The lowest BCUT2D eigenvalue weighted by atomic mass is 10.2. The summed E-state index contributed by atoms with van der Waals surface area (Å²) in [6.07, 6.45) is 0. The molecular weight excluding hydrogens is 328 g/mol. The molecule has 0 amide bonds. The number of methoxy groups -OCH3 is 1. The summed E-state index contributed by atoms with van der Waals surface area (Å²) >= 11 is 9.58. The molecule has 0 saturated carbocycles. The van der Waals surface area contributed by atoms with Crippen LogP contribution in [-0.2, 0) is 5.33 Å². The first-order valence-corrected chi connectivity index (χ1v) is 7.31. The van der Waals surface area contributed by atoms with Crippen LogP contribution in [-0.4, -0.2) is 7.11 Å². The highest BCUT2D eigenvalue weighted by Gasteiger charge is 2.11. The third-order valence-electron chi connectivity index (χ3n) is 2.75. The van der Waals surface area contributed by atoms with Gasteiger partial charge in [-0.2, -0.15) is 0 Å². The van der Waals surface area contributed by atoms with Crippen molar-refractivity contribution in [2.45, 2.75) is 12.3 Å². The zero-order valence-corrected chi connectivity index (χ0v) is 13.1. The fourth-order valence-electron chi connectivity index (χ4n) is 1.74. The van der Waals surface area contributed by atoms with E-state index in [0.29, 0.717) is 21.9 Å². The molecule has 0 bridgehead atoms. The Hall–Kier alpha value is -1.19. The van der Waals surface area contributed by atoms with E-state index in [1.165, 1.54) is 0 Å². The smallest absolute Gasteiger partial charge is 0.169 e. The molecule has 0 spiro atoms. The quantitative estimate of drug-likeness (QED) is 0.698. The van der Waals surface area contributed by atoms with Gasteiger partial charge in [-0.1, -0.05) is 39.7 Å². The van der Waals surface area contributed by atoms with Crippen LogP contribution in [0.15, 0.2) is 36.4 Å². The maximum atomic E-state index is 6.15. The van der Waals surface area contributed by atoms with E-state index >= 15 is 0 Å². The van der Waals surface area contributed by atoms with Gasteiger partial charge in [0.25, 0.3) is 0 Å². The summed E-state index contributed by atoms with van der Waals surface area (Å²) in [4.78, 5) is 0. The second-order valence-corrected chi connectivity index (χ2v) is 5.07. The number of hydrogen-bond donors (Lipinski definition) is 0. The normalized spacial score (nSPS) is 10.3. The van der Waals surface area contributed by atoms with Crippen molar-refractivity contribution in [2.24, 2.45) is 0 Å². The first-order valence-electron chi connectivity index (χ1n) is 5.81. The fraction of sp³-hybridized carbons (Fsp3) is 0.200. The molecule has 0 aliphatic rings. The molecule has 0 unspecified atom stereocenters. The summed E-state index contributed by atoms with van der Waals surface area (Å²) < 4.78 is 11.3. The van der Waals surface area contributed by atoms with Crippen LogP contribution < -0.4 is 9.47 Å². The Kier molecular flexibility index (Phi) is 4.72. The van der Waals surface area contributed by atoms with Crippen LogP contribution in [0.3, 0.4) is 0 Å². The largest absolute Gasteiger partial charge is 0.493 e. The molecule has 2 aromatic rings. The molecule has 2 aromatic carbocycles. The zero-order chi connectivity index (χ0) is 13.8. The Morgan fingerprint density at radius 2 is 1.89 bits per heavy atom. The van der Waals surface area contributed by atoms with E-state index in [0.717, 1.165) is 16.9 Å². The highest BCUT2D eigenvalue weighted by atomic mass is 79.9. The maximum Gasteiger partial charge on any atom is 0.169 e. The van der Waals surface area contributed by atoms with Gasteiger partial charge in [0, 0.05) is 15.9 Å². The van der Waals surface area contributed by atoms with Gasteiger partial charge in [0.2, 0.25) is 0 Å².